The summed E-state index contributed by atoms with van der Waals surface area (Å²) in [5, 5.41) is 2.95. The third-order valence-corrected chi connectivity index (χ3v) is 7.51. The minimum absolute atomic E-state index is 0.0429. The van der Waals surface area contributed by atoms with Crippen LogP contribution in [0.25, 0.3) is 0 Å². The highest BCUT2D eigenvalue weighted by Crippen LogP contribution is 2.25. The Bertz CT molecular complexity index is 921. The summed E-state index contributed by atoms with van der Waals surface area (Å²) in [5.41, 5.74) is 1.76. The van der Waals surface area contributed by atoms with Crippen molar-refractivity contribution >= 4 is 33.4 Å². The van der Waals surface area contributed by atoms with E-state index < -0.39 is 10.0 Å². The molecule has 5 nitrogen and oxygen atoms in total. The first-order valence-corrected chi connectivity index (χ1v) is 12.7. The molecular weight excluding hydrogens is 404 g/mol. The minimum atomic E-state index is -3.49. The summed E-state index contributed by atoms with van der Waals surface area (Å²) in [4.78, 5) is 13.6. The van der Waals surface area contributed by atoms with Crippen LogP contribution >= 0.6 is 11.8 Å². The highest BCUT2D eigenvalue weighted by atomic mass is 32.2. The van der Waals surface area contributed by atoms with Crippen molar-refractivity contribution in [3.05, 3.63) is 54.1 Å². The molecule has 0 spiro atoms. The van der Waals surface area contributed by atoms with Crippen LogP contribution in [0.4, 0.5) is 5.69 Å². The van der Waals surface area contributed by atoms with Crippen LogP contribution in [0.5, 0.6) is 0 Å². The lowest BCUT2D eigenvalue weighted by Gasteiger charge is -2.22. The van der Waals surface area contributed by atoms with Gasteiger partial charge in [0.25, 0.3) is 0 Å². The van der Waals surface area contributed by atoms with Crippen LogP contribution in [-0.2, 0) is 21.2 Å². The van der Waals surface area contributed by atoms with E-state index in [4.69, 9.17) is 0 Å². The van der Waals surface area contributed by atoms with Crippen LogP contribution in [-0.4, -0.2) is 26.6 Å². The average molecular weight is 433 g/mol. The second-order valence-corrected chi connectivity index (χ2v) is 9.91. The fourth-order valence-electron chi connectivity index (χ4n) is 3.56. The van der Waals surface area contributed by atoms with Crippen molar-refractivity contribution < 1.29 is 13.2 Å². The first-order chi connectivity index (χ1) is 14.0. The highest BCUT2D eigenvalue weighted by molar-refractivity contribution is 7.98. The van der Waals surface area contributed by atoms with Crippen LogP contribution in [0.15, 0.2) is 58.3 Å². The van der Waals surface area contributed by atoms with Crippen molar-refractivity contribution in [3.8, 4) is 0 Å². The second kappa shape index (κ2) is 10.3. The topological polar surface area (TPSA) is 75.3 Å². The van der Waals surface area contributed by atoms with Crippen molar-refractivity contribution in [1.29, 1.82) is 0 Å². The van der Waals surface area contributed by atoms with Crippen LogP contribution < -0.4 is 10.0 Å². The van der Waals surface area contributed by atoms with Gasteiger partial charge in [0.15, 0.2) is 0 Å². The zero-order valence-electron chi connectivity index (χ0n) is 16.7. The Morgan fingerprint density at radius 3 is 2.41 bits per heavy atom. The van der Waals surface area contributed by atoms with E-state index in [0.29, 0.717) is 12.8 Å². The van der Waals surface area contributed by atoms with E-state index in [0.717, 1.165) is 41.8 Å². The van der Waals surface area contributed by atoms with Crippen LogP contribution in [0, 0.1) is 0 Å². The molecule has 0 unspecified atom stereocenters. The number of para-hydroxylation sites is 1. The van der Waals surface area contributed by atoms with E-state index in [2.05, 4.69) is 10.0 Å². The van der Waals surface area contributed by atoms with E-state index in [9.17, 15) is 13.2 Å². The summed E-state index contributed by atoms with van der Waals surface area (Å²) in [6.45, 7) is 0. The summed E-state index contributed by atoms with van der Waals surface area (Å²) in [5.74, 6) is -0.0536. The molecule has 1 saturated carbocycles. The zero-order valence-corrected chi connectivity index (χ0v) is 18.3. The van der Waals surface area contributed by atoms with Gasteiger partial charge in [-0.25, -0.2) is 13.1 Å². The smallest absolute Gasteiger partial charge is 0.240 e. The molecule has 3 rings (SSSR count). The molecule has 1 aliphatic carbocycles. The molecule has 2 aromatic rings. The molecule has 0 heterocycles. The predicted molar refractivity (Wildman–Crippen MR) is 119 cm³/mol. The summed E-state index contributed by atoms with van der Waals surface area (Å²) in [7, 11) is -3.49. The standard InChI is InChI=1S/C22H28N2O3S2/c1-28-21-10-6-5-9-20(21)23-22(25)16-13-17-11-14-19(15-12-17)29(26,27)24-18-7-3-2-4-8-18/h5-6,9-12,14-15,18,24H,2-4,7-8,13,16H2,1H3,(H,23,25). The third-order valence-electron chi connectivity index (χ3n) is 5.18. The number of aryl methyl sites for hydroxylation is 1. The second-order valence-electron chi connectivity index (χ2n) is 7.35. The van der Waals surface area contributed by atoms with Gasteiger partial charge in [-0.15, -0.1) is 11.8 Å². The van der Waals surface area contributed by atoms with Crippen LogP contribution in [0.1, 0.15) is 44.1 Å². The summed E-state index contributed by atoms with van der Waals surface area (Å²) in [6.07, 6.45) is 8.04. The first-order valence-electron chi connectivity index (χ1n) is 10.0. The molecule has 0 radical (unpaired) electrons. The van der Waals surface area contributed by atoms with E-state index in [1.165, 1.54) is 6.42 Å². The van der Waals surface area contributed by atoms with Gasteiger partial charge in [0, 0.05) is 17.4 Å². The Kier molecular flexibility index (Phi) is 7.75. The number of carbonyl (C=O) groups is 1. The fourth-order valence-corrected chi connectivity index (χ4v) is 5.42. The Morgan fingerprint density at radius 2 is 1.72 bits per heavy atom. The van der Waals surface area contributed by atoms with E-state index in [1.54, 1.807) is 36.0 Å². The number of benzene rings is 2. The summed E-state index contributed by atoms with van der Waals surface area (Å²) < 4.78 is 28.0. The summed E-state index contributed by atoms with van der Waals surface area (Å²) >= 11 is 1.59. The lowest BCUT2D eigenvalue weighted by molar-refractivity contribution is -0.116. The molecule has 1 aliphatic rings. The molecule has 2 aromatic carbocycles. The molecule has 0 bridgehead atoms. The molecule has 0 aromatic heterocycles. The van der Waals surface area contributed by atoms with Gasteiger partial charge in [-0.1, -0.05) is 43.5 Å². The number of rotatable bonds is 8. The van der Waals surface area contributed by atoms with Crippen molar-refractivity contribution in [3.63, 3.8) is 0 Å². The Morgan fingerprint density at radius 1 is 1.03 bits per heavy atom. The van der Waals surface area contributed by atoms with Crippen molar-refractivity contribution in [2.24, 2.45) is 0 Å². The predicted octanol–water partition coefficient (Wildman–Crippen LogP) is 4.59. The molecular formula is C22H28N2O3S2. The number of sulfonamides is 1. The van der Waals surface area contributed by atoms with E-state index in [1.807, 2.05) is 30.5 Å². The van der Waals surface area contributed by atoms with Gasteiger partial charge in [0.05, 0.1) is 10.6 Å². The number of amides is 1. The zero-order chi connectivity index (χ0) is 20.7. The molecule has 1 fully saturated rings. The monoisotopic (exact) mass is 432 g/mol. The summed E-state index contributed by atoms with van der Waals surface area (Å²) in [6, 6.07) is 14.6. The molecule has 1 amide bonds. The number of carbonyl (C=O) groups excluding carboxylic acids is 1. The number of thioether (sulfide) groups is 1. The Labute approximate surface area is 177 Å². The van der Waals surface area contributed by atoms with Gasteiger partial charge >= 0.3 is 0 Å². The lowest BCUT2D eigenvalue weighted by atomic mass is 9.96. The molecule has 156 valence electrons. The molecule has 0 saturated heterocycles. The average Bonchev–Trinajstić information content (AvgIpc) is 2.73. The minimum Gasteiger partial charge on any atom is -0.325 e. The van der Waals surface area contributed by atoms with Gasteiger partial charge in [-0.2, -0.15) is 0 Å². The van der Waals surface area contributed by atoms with Crippen LogP contribution in [0.2, 0.25) is 0 Å². The van der Waals surface area contributed by atoms with Crippen molar-refractivity contribution in [2.45, 2.75) is 60.8 Å². The fraction of sp³-hybridized carbons (Fsp3) is 0.409. The van der Waals surface area contributed by atoms with E-state index in [-0.39, 0.29) is 16.8 Å². The molecule has 0 aliphatic heterocycles. The number of hydrogen-bond acceptors (Lipinski definition) is 4. The quantitative estimate of drug-likeness (QED) is 0.598. The lowest BCUT2D eigenvalue weighted by Crippen LogP contribution is -2.36. The largest absolute Gasteiger partial charge is 0.325 e. The molecule has 29 heavy (non-hydrogen) atoms. The SMILES string of the molecule is CSc1ccccc1NC(=O)CCc1ccc(S(=O)(=O)NC2CCCCC2)cc1. The van der Waals surface area contributed by atoms with Crippen molar-refractivity contribution in [2.75, 3.05) is 11.6 Å². The van der Waals surface area contributed by atoms with Gasteiger partial charge in [-0.05, 0) is 55.3 Å². The maximum atomic E-state index is 12.6. The molecule has 2 N–H and O–H groups in total. The van der Waals surface area contributed by atoms with Crippen molar-refractivity contribution in [1.82, 2.24) is 4.72 Å². The van der Waals surface area contributed by atoms with E-state index >= 15 is 0 Å². The highest BCUT2D eigenvalue weighted by Gasteiger charge is 2.21. The third kappa shape index (κ3) is 6.32. The molecule has 7 heteroatoms. The van der Waals surface area contributed by atoms with Crippen LogP contribution in [0.3, 0.4) is 0 Å². The molecule has 0 atom stereocenters. The van der Waals surface area contributed by atoms with Gasteiger partial charge in [0.2, 0.25) is 15.9 Å². The first kappa shape index (κ1) is 21.9. The normalized spacial score (nSPS) is 15.2. The number of hydrogen-bond donors (Lipinski definition) is 2. The maximum Gasteiger partial charge on any atom is 0.240 e. The number of nitrogens with one attached hydrogen (secondary N) is 2. The van der Waals surface area contributed by atoms with Gasteiger partial charge in [0.1, 0.15) is 0 Å². The van der Waals surface area contributed by atoms with Gasteiger partial charge in [-0.3, -0.25) is 4.79 Å². The Balaban J connectivity index is 1.54. The Hall–Kier alpha value is -1.83. The number of anilines is 1. The maximum absolute atomic E-state index is 12.6. The van der Waals surface area contributed by atoms with Gasteiger partial charge < -0.3 is 5.32 Å².